The second-order valence-corrected chi connectivity index (χ2v) is 5.94. The largest absolute Gasteiger partial charge is 0.388 e. The van der Waals surface area contributed by atoms with E-state index in [-0.39, 0.29) is 12.1 Å². The van der Waals surface area contributed by atoms with E-state index in [2.05, 4.69) is 22.5 Å². The van der Waals surface area contributed by atoms with Crippen LogP contribution in [0.3, 0.4) is 0 Å². The van der Waals surface area contributed by atoms with Crippen LogP contribution >= 0.6 is 0 Å². The van der Waals surface area contributed by atoms with Crippen molar-refractivity contribution in [3.05, 3.63) is 30.3 Å². The van der Waals surface area contributed by atoms with E-state index in [0.717, 1.165) is 24.9 Å². The lowest BCUT2D eigenvalue weighted by Gasteiger charge is -2.36. The van der Waals surface area contributed by atoms with Crippen LogP contribution in [0.4, 0.5) is 10.5 Å². The van der Waals surface area contributed by atoms with Crippen LogP contribution in [0, 0.1) is 0 Å². The average molecular weight is 291 g/mol. The first-order valence-electron chi connectivity index (χ1n) is 7.52. The van der Waals surface area contributed by atoms with Crippen molar-refractivity contribution in [1.29, 1.82) is 0 Å². The monoisotopic (exact) mass is 291 g/mol. The van der Waals surface area contributed by atoms with Crippen molar-refractivity contribution in [2.45, 2.75) is 37.8 Å². The standard InChI is InChI=1S/C16H25N3O2/c1-13(19(2)14-7-4-3-5-8-14)11-17-15(20)18-12-16(21)9-6-10-16/h3-5,7-8,13,21H,6,9-12H2,1-2H3,(H2,17,18,20). The number of anilines is 1. The molecule has 1 aliphatic carbocycles. The zero-order valence-electron chi connectivity index (χ0n) is 12.8. The maximum Gasteiger partial charge on any atom is 0.314 e. The Morgan fingerprint density at radius 3 is 2.57 bits per heavy atom. The highest BCUT2D eigenvalue weighted by Gasteiger charge is 2.34. The molecule has 0 aliphatic heterocycles. The minimum absolute atomic E-state index is 0.185. The number of urea groups is 1. The van der Waals surface area contributed by atoms with Crippen molar-refractivity contribution in [3.8, 4) is 0 Å². The Hall–Kier alpha value is -1.75. The number of nitrogens with one attached hydrogen (secondary N) is 2. The lowest BCUT2D eigenvalue weighted by molar-refractivity contribution is -0.0290. The first-order chi connectivity index (χ1) is 10.0. The van der Waals surface area contributed by atoms with E-state index < -0.39 is 5.60 Å². The molecule has 116 valence electrons. The Morgan fingerprint density at radius 2 is 2.00 bits per heavy atom. The van der Waals surface area contributed by atoms with Crippen LogP contribution in [0.1, 0.15) is 26.2 Å². The number of hydrogen-bond donors (Lipinski definition) is 3. The van der Waals surface area contributed by atoms with Crippen LogP contribution in [0.15, 0.2) is 30.3 Å². The number of nitrogens with zero attached hydrogens (tertiary/aromatic N) is 1. The van der Waals surface area contributed by atoms with E-state index in [1.807, 2.05) is 37.4 Å². The Morgan fingerprint density at radius 1 is 1.33 bits per heavy atom. The summed E-state index contributed by atoms with van der Waals surface area (Å²) in [5.74, 6) is 0. The van der Waals surface area contributed by atoms with Gasteiger partial charge in [-0.2, -0.15) is 0 Å². The van der Waals surface area contributed by atoms with Gasteiger partial charge in [0, 0.05) is 31.9 Å². The second kappa shape index (κ2) is 6.80. The molecular formula is C16H25N3O2. The normalized spacial score (nSPS) is 17.5. The molecule has 1 fully saturated rings. The molecule has 5 heteroatoms. The summed E-state index contributed by atoms with van der Waals surface area (Å²) in [4.78, 5) is 13.9. The highest BCUT2D eigenvalue weighted by Crippen LogP contribution is 2.30. The van der Waals surface area contributed by atoms with Gasteiger partial charge in [-0.05, 0) is 38.3 Å². The Balaban J connectivity index is 1.70. The Kier molecular flexibility index (Phi) is 5.07. The van der Waals surface area contributed by atoms with E-state index in [1.165, 1.54) is 0 Å². The summed E-state index contributed by atoms with van der Waals surface area (Å²) in [5.41, 5.74) is 0.444. The Labute approximate surface area is 126 Å². The SMILES string of the molecule is CC(CNC(=O)NCC1(O)CCC1)N(C)c1ccccc1. The fourth-order valence-electron chi connectivity index (χ4n) is 2.36. The van der Waals surface area contributed by atoms with E-state index in [4.69, 9.17) is 0 Å². The van der Waals surface area contributed by atoms with Crippen molar-refractivity contribution in [2.75, 3.05) is 25.0 Å². The molecule has 2 amide bonds. The number of likely N-dealkylation sites (N-methyl/N-ethyl adjacent to an activating group) is 1. The number of amides is 2. The number of carbonyl (C=O) groups excluding carboxylic acids is 1. The van der Waals surface area contributed by atoms with Gasteiger partial charge in [0.2, 0.25) is 0 Å². The Bertz CT molecular complexity index is 460. The molecular weight excluding hydrogens is 266 g/mol. The molecule has 0 saturated heterocycles. The number of rotatable bonds is 6. The molecule has 1 aromatic rings. The summed E-state index contributed by atoms with van der Waals surface area (Å²) in [6.07, 6.45) is 2.60. The molecule has 1 atom stereocenters. The molecule has 1 aliphatic rings. The van der Waals surface area contributed by atoms with Crippen LogP contribution in [-0.2, 0) is 0 Å². The molecule has 2 rings (SSSR count). The van der Waals surface area contributed by atoms with Gasteiger partial charge in [0.1, 0.15) is 0 Å². The van der Waals surface area contributed by atoms with Gasteiger partial charge < -0.3 is 20.6 Å². The molecule has 0 spiro atoms. The number of benzene rings is 1. The summed E-state index contributed by atoms with van der Waals surface area (Å²) >= 11 is 0. The lowest BCUT2D eigenvalue weighted by atomic mass is 9.80. The van der Waals surface area contributed by atoms with Gasteiger partial charge in [-0.25, -0.2) is 4.79 Å². The van der Waals surface area contributed by atoms with Gasteiger partial charge in [-0.15, -0.1) is 0 Å². The van der Waals surface area contributed by atoms with Crippen molar-refractivity contribution < 1.29 is 9.90 Å². The van der Waals surface area contributed by atoms with Crippen LogP contribution in [-0.4, -0.2) is 42.9 Å². The maximum atomic E-state index is 11.7. The van der Waals surface area contributed by atoms with Crippen LogP contribution in [0.25, 0.3) is 0 Å². The zero-order chi connectivity index (χ0) is 15.3. The third kappa shape index (κ3) is 4.36. The van der Waals surface area contributed by atoms with Gasteiger partial charge in [-0.3, -0.25) is 0 Å². The molecule has 3 N–H and O–H groups in total. The van der Waals surface area contributed by atoms with Gasteiger partial charge in [0.15, 0.2) is 0 Å². The van der Waals surface area contributed by atoms with Gasteiger partial charge in [-0.1, -0.05) is 18.2 Å². The topological polar surface area (TPSA) is 64.6 Å². The lowest BCUT2D eigenvalue weighted by Crippen LogP contribution is -2.51. The zero-order valence-corrected chi connectivity index (χ0v) is 12.8. The molecule has 5 nitrogen and oxygen atoms in total. The maximum absolute atomic E-state index is 11.7. The first-order valence-corrected chi connectivity index (χ1v) is 7.52. The third-order valence-electron chi connectivity index (χ3n) is 4.24. The van der Waals surface area contributed by atoms with Crippen molar-refractivity contribution in [3.63, 3.8) is 0 Å². The van der Waals surface area contributed by atoms with Crippen molar-refractivity contribution >= 4 is 11.7 Å². The van der Waals surface area contributed by atoms with Gasteiger partial charge in [0.25, 0.3) is 0 Å². The summed E-state index contributed by atoms with van der Waals surface area (Å²) in [7, 11) is 2.01. The summed E-state index contributed by atoms with van der Waals surface area (Å²) in [5, 5.41) is 15.5. The predicted molar refractivity (Wildman–Crippen MR) is 84.5 cm³/mol. The van der Waals surface area contributed by atoms with E-state index >= 15 is 0 Å². The van der Waals surface area contributed by atoms with E-state index in [0.29, 0.717) is 13.1 Å². The van der Waals surface area contributed by atoms with Crippen LogP contribution in [0.2, 0.25) is 0 Å². The fourth-order valence-corrected chi connectivity index (χ4v) is 2.36. The number of hydrogen-bond acceptors (Lipinski definition) is 3. The van der Waals surface area contributed by atoms with Crippen LogP contribution in [0.5, 0.6) is 0 Å². The minimum Gasteiger partial charge on any atom is -0.388 e. The third-order valence-corrected chi connectivity index (χ3v) is 4.24. The smallest absolute Gasteiger partial charge is 0.314 e. The highest BCUT2D eigenvalue weighted by atomic mass is 16.3. The highest BCUT2D eigenvalue weighted by molar-refractivity contribution is 5.74. The van der Waals surface area contributed by atoms with E-state index in [9.17, 15) is 9.90 Å². The molecule has 0 aromatic heterocycles. The number of aliphatic hydroxyl groups is 1. The molecule has 0 radical (unpaired) electrons. The summed E-state index contributed by atoms with van der Waals surface area (Å²) in [6, 6.07) is 10.0. The molecule has 0 heterocycles. The average Bonchev–Trinajstić information content (AvgIpc) is 2.48. The van der Waals surface area contributed by atoms with Crippen LogP contribution < -0.4 is 15.5 Å². The molecule has 1 saturated carbocycles. The molecule has 1 unspecified atom stereocenters. The summed E-state index contributed by atoms with van der Waals surface area (Å²) < 4.78 is 0. The molecule has 1 aromatic carbocycles. The fraction of sp³-hybridized carbons (Fsp3) is 0.562. The summed E-state index contributed by atoms with van der Waals surface area (Å²) in [6.45, 7) is 2.95. The number of carbonyl (C=O) groups is 1. The first kappa shape index (κ1) is 15.6. The minimum atomic E-state index is -0.677. The van der Waals surface area contributed by atoms with Gasteiger partial charge >= 0.3 is 6.03 Å². The van der Waals surface area contributed by atoms with E-state index in [1.54, 1.807) is 0 Å². The second-order valence-electron chi connectivity index (χ2n) is 5.94. The van der Waals surface area contributed by atoms with Gasteiger partial charge in [0.05, 0.1) is 5.60 Å². The van der Waals surface area contributed by atoms with Crippen molar-refractivity contribution in [2.24, 2.45) is 0 Å². The molecule has 0 bridgehead atoms. The predicted octanol–water partition coefficient (Wildman–Crippen LogP) is 1.73. The number of para-hydroxylation sites is 1. The van der Waals surface area contributed by atoms with Crippen molar-refractivity contribution in [1.82, 2.24) is 10.6 Å². The molecule has 21 heavy (non-hydrogen) atoms. The quantitative estimate of drug-likeness (QED) is 0.748.